The molecule has 1 amide bonds. The lowest BCUT2D eigenvalue weighted by Crippen LogP contribution is -2.30. The van der Waals surface area contributed by atoms with E-state index in [0.29, 0.717) is 22.4 Å². The molecule has 0 radical (unpaired) electrons. The summed E-state index contributed by atoms with van der Waals surface area (Å²) >= 11 is 6.07. The van der Waals surface area contributed by atoms with Crippen LogP contribution in [-0.4, -0.2) is 17.2 Å². The van der Waals surface area contributed by atoms with Gasteiger partial charge in [-0.25, -0.2) is 0 Å². The van der Waals surface area contributed by atoms with Crippen LogP contribution in [-0.2, 0) is 10.2 Å². The summed E-state index contributed by atoms with van der Waals surface area (Å²) in [5.74, 6) is 1.22. The first-order valence-corrected chi connectivity index (χ1v) is 7.75. The van der Waals surface area contributed by atoms with Crippen LogP contribution in [0.4, 0.5) is 5.82 Å². The van der Waals surface area contributed by atoms with Crippen molar-refractivity contribution < 1.29 is 14.1 Å². The normalized spacial score (nSPS) is 12.8. The number of rotatable bonds is 4. The third-order valence-corrected chi connectivity index (χ3v) is 3.57. The van der Waals surface area contributed by atoms with E-state index < -0.39 is 6.10 Å². The molecule has 1 aromatic carbocycles. The summed E-state index contributed by atoms with van der Waals surface area (Å²) in [6.45, 7) is 9.59. The van der Waals surface area contributed by atoms with E-state index in [0.717, 1.165) is 5.56 Å². The average Bonchev–Trinajstić information content (AvgIpc) is 2.91. The number of carbonyl (C=O) groups excluding carboxylic acids is 1. The summed E-state index contributed by atoms with van der Waals surface area (Å²) in [6, 6.07) is 7.12. The second-order valence-corrected chi connectivity index (χ2v) is 6.92. The van der Waals surface area contributed by atoms with Crippen LogP contribution in [0.2, 0.25) is 5.02 Å². The highest BCUT2D eigenvalue weighted by molar-refractivity contribution is 6.32. The number of amides is 1. The lowest BCUT2D eigenvalue weighted by Gasteiger charge is -2.15. The van der Waals surface area contributed by atoms with Crippen molar-refractivity contribution in [3.8, 4) is 5.75 Å². The van der Waals surface area contributed by atoms with E-state index in [4.69, 9.17) is 20.9 Å². The number of aryl methyl sites for hydroxylation is 1. The van der Waals surface area contributed by atoms with Crippen LogP contribution in [0.1, 0.15) is 39.0 Å². The summed E-state index contributed by atoms with van der Waals surface area (Å²) in [6.07, 6.45) is -0.718. The third-order valence-electron chi connectivity index (χ3n) is 3.26. The fourth-order valence-electron chi connectivity index (χ4n) is 1.86. The molecule has 1 aromatic heterocycles. The van der Waals surface area contributed by atoms with E-state index in [2.05, 4.69) is 10.5 Å². The molecule has 0 spiro atoms. The van der Waals surface area contributed by atoms with Gasteiger partial charge in [-0.2, -0.15) is 0 Å². The van der Waals surface area contributed by atoms with Crippen LogP contribution in [0.5, 0.6) is 5.75 Å². The number of carbonyl (C=O) groups is 1. The van der Waals surface area contributed by atoms with Gasteiger partial charge in [-0.15, -0.1) is 0 Å². The highest BCUT2D eigenvalue weighted by Crippen LogP contribution is 2.27. The number of ether oxygens (including phenoxy) is 1. The van der Waals surface area contributed by atoms with Crippen molar-refractivity contribution in [1.82, 2.24) is 5.16 Å². The Morgan fingerprint density at radius 3 is 2.65 bits per heavy atom. The molecule has 0 aliphatic carbocycles. The molecular weight excluding hydrogens is 316 g/mol. The van der Waals surface area contributed by atoms with E-state index >= 15 is 0 Å². The van der Waals surface area contributed by atoms with Crippen molar-refractivity contribution in [2.24, 2.45) is 0 Å². The van der Waals surface area contributed by atoms with Gasteiger partial charge < -0.3 is 14.6 Å². The molecule has 2 aromatic rings. The Morgan fingerprint density at radius 2 is 2.04 bits per heavy atom. The fourth-order valence-corrected chi connectivity index (χ4v) is 2.02. The molecule has 0 saturated heterocycles. The summed E-state index contributed by atoms with van der Waals surface area (Å²) in [5.41, 5.74) is 0.830. The van der Waals surface area contributed by atoms with Crippen molar-refractivity contribution in [1.29, 1.82) is 0 Å². The Kier molecular flexibility index (Phi) is 5.00. The average molecular weight is 337 g/mol. The van der Waals surface area contributed by atoms with Crippen molar-refractivity contribution in [3.63, 3.8) is 0 Å². The minimum absolute atomic E-state index is 0.173. The molecule has 0 aliphatic heterocycles. The van der Waals surface area contributed by atoms with Crippen molar-refractivity contribution in [3.05, 3.63) is 40.6 Å². The number of hydrogen-bond donors (Lipinski definition) is 1. The smallest absolute Gasteiger partial charge is 0.266 e. The second kappa shape index (κ2) is 6.62. The molecule has 2 rings (SSSR count). The molecule has 23 heavy (non-hydrogen) atoms. The lowest BCUT2D eigenvalue weighted by atomic mass is 9.93. The number of nitrogens with zero attached hydrogens (tertiary/aromatic N) is 1. The number of benzene rings is 1. The molecule has 0 bridgehead atoms. The molecule has 1 unspecified atom stereocenters. The first-order chi connectivity index (χ1) is 10.7. The first-order valence-electron chi connectivity index (χ1n) is 7.37. The van der Waals surface area contributed by atoms with Gasteiger partial charge in [0, 0.05) is 11.5 Å². The predicted octanol–water partition coefficient (Wildman–Crippen LogP) is 4.34. The monoisotopic (exact) mass is 336 g/mol. The number of halogens is 1. The maximum Gasteiger partial charge on any atom is 0.266 e. The van der Waals surface area contributed by atoms with Gasteiger partial charge >= 0.3 is 0 Å². The maximum absolute atomic E-state index is 12.2. The molecule has 1 N–H and O–H groups in total. The molecule has 1 atom stereocenters. The zero-order valence-electron chi connectivity index (χ0n) is 13.9. The van der Waals surface area contributed by atoms with Crippen molar-refractivity contribution >= 4 is 23.3 Å². The maximum atomic E-state index is 12.2. The van der Waals surface area contributed by atoms with E-state index in [1.165, 1.54) is 0 Å². The van der Waals surface area contributed by atoms with E-state index in [1.807, 2.05) is 33.8 Å². The molecule has 124 valence electrons. The topological polar surface area (TPSA) is 64.4 Å². The van der Waals surface area contributed by atoms with Crippen molar-refractivity contribution in [2.45, 2.75) is 46.1 Å². The molecule has 0 saturated carbocycles. The van der Waals surface area contributed by atoms with E-state index in [-0.39, 0.29) is 11.3 Å². The summed E-state index contributed by atoms with van der Waals surface area (Å²) in [4.78, 5) is 12.2. The Morgan fingerprint density at radius 1 is 1.35 bits per heavy atom. The largest absolute Gasteiger partial charge is 0.479 e. The SMILES string of the molecule is Cc1ccc(Cl)c(OC(C)C(=O)Nc2cc(C(C)(C)C)on2)c1. The summed E-state index contributed by atoms with van der Waals surface area (Å²) in [5, 5.41) is 7.00. The van der Waals surface area contributed by atoms with Gasteiger partial charge in [0.05, 0.1) is 5.02 Å². The molecule has 6 heteroatoms. The Balaban J connectivity index is 2.03. The molecule has 1 heterocycles. The Hall–Kier alpha value is -2.01. The standard InChI is InChI=1S/C17H21ClN2O3/c1-10-6-7-12(18)13(8-10)22-11(2)16(21)19-15-9-14(23-20-15)17(3,4)5/h6-9,11H,1-5H3,(H,19,20,21). The van der Waals surface area contributed by atoms with Crippen LogP contribution in [0, 0.1) is 6.92 Å². The van der Waals surface area contributed by atoms with Crippen LogP contribution in [0.25, 0.3) is 0 Å². The minimum atomic E-state index is -0.718. The summed E-state index contributed by atoms with van der Waals surface area (Å²) < 4.78 is 10.9. The molecule has 0 fully saturated rings. The van der Waals surface area contributed by atoms with Gasteiger partial charge in [-0.3, -0.25) is 4.79 Å². The van der Waals surface area contributed by atoms with Gasteiger partial charge in [0.2, 0.25) is 0 Å². The van der Waals surface area contributed by atoms with Gasteiger partial charge in [0.1, 0.15) is 11.5 Å². The number of aromatic nitrogens is 1. The molecule has 0 aliphatic rings. The molecule has 5 nitrogen and oxygen atoms in total. The third kappa shape index (κ3) is 4.48. The zero-order valence-corrected chi connectivity index (χ0v) is 14.7. The van der Waals surface area contributed by atoms with Gasteiger partial charge in [-0.1, -0.05) is 43.6 Å². The van der Waals surface area contributed by atoms with Crippen LogP contribution in [0.3, 0.4) is 0 Å². The quantitative estimate of drug-likeness (QED) is 0.902. The molecular formula is C17H21ClN2O3. The number of nitrogens with one attached hydrogen (secondary N) is 1. The Labute approximate surface area is 141 Å². The van der Waals surface area contributed by atoms with Gasteiger partial charge in [0.15, 0.2) is 11.9 Å². The van der Waals surface area contributed by atoms with Gasteiger partial charge in [-0.05, 0) is 31.5 Å². The van der Waals surface area contributed by atoms with Crippen LogP contribution >= 0.6 is 11.6 Å². The van der Waals surface area contributed by atoms with E-state index in [9.17, 15) is 4.79 Å². The van der Waals surface area contributed by atoms with E-state index in [1.54, 1.807) is 25.1 Å². The Bertz CT molecular complexity index is 704. The highest BCUT2D eigenvalue weighted by atomic mass is 35.5. The van der Waals surface area contributed by atoms with Crippen LogP contribution in [0.15, 0.2) is 28.8 Å². The number of hydrogen-bond acceptors (Lipinski definition) is 4. The predicted molar refractivity (Wildman–Crippen MR) is 90.1 cm³/mol. The van der Waals surface area contributed by atoms with Crippen molar-refractivity contribution in [2.75, 3.05) is 5.32 Å². The highest BCUT2D eigenvalue weighted by Gasteiger charge is 2.22. The zero-order chi connectivity index (χ0) is 17.2. The lowest BCUT2D eigenvalue weighted by molar-refractivity contribution is -0.122. The summed E-state index contributed by atoms with van der Waals surface area (Å²) in [7, 11) is 0. The second-order valence-electron chi connectivity index (χ2n) is 6.51. The van der Waals surface area contributed by atoms with Crippen LogP contribution < -0.4 is 10.1 Å². The van der Waals surface area contributed by atoms with Gasteiger partial charge in [0.25, 0.3) is 5.91 Å². The number of anilines is 1. The fraction of sp³-hybridized carbons (Fsp3) is 0.412. The minimum Gasteiger partial charge on any atom is -0.479 e. The first kappa shape index (κ1) is 17.3.